The molecule has 0 aliphatic heterocycles. The van der Waals surface area contributed by atoms with Gasteiger partial charge in [-0.1, -0.05) is 32.1 Å². The highest BCUT2D eigenvalue weighted by Crippen LogP contribution is 2.32. The molecule has 1 aliphatic carbocycles. The van der Waals surface area contributed by atoms with E-state index in [9.17, 15) is 4.79 Å². The fourth-order valence-corrected chi connectivity index (χ4v) is 2.82. The van der Waals surface area contributed by atoms with Crippen LogP contribution in [0.2, 0.25) is 0 Å². The number of ether oxygens (including phenoxy) is 1. The van der Waals surface area contributed by atoms with Crippen LogP contribution in [0.5, 0.6) is 5.88 Å². The molecule has 4 heteroatoms. The summed E-state index contributed by atoms with van der Waals surface area (Å²) in [4.78, 5) is 15.5. The number of amides is 1. The standard InChI is InChI=1S/C15H22N2O2/c1-11(18)17-14-13(8-9-16-15(14)19-2)10-12-6-4-3-5-7-12/h8-9,12H,3-7,10H2,1-2H3,(H,17,18). The van der Waals surface area contributed by atoms with Gasteiger partial charge in [0.1, 0.15) is 5.69 Å². The largest absolute Gasteiger partial charge is 0.480 e. The summed E-state index contributed by atoms with van der Waals surface area (Å²) in [5.74, 6) is 1.13. The number of hydrogen-bond acceptors (Lipinski definition) is 3. The van der Waals surface area contributed by atoms with Crippen molar-refractivity contribution in [3.8, 4) is 5.88 Å². The van der Waals surface area contributed by atoms with Crippen LogP contribution in [0, 0.1) is 5.92 Å². The lowest BCUT2D eigenvalue weighted by molar-refractivity contribution is -0.114. The van der Waals surface area contributed by atoms with Crippen LogP contribution in [0.4, 0.5) is 5.69 Å². The molecule has 2 rings (SSSR count). The molecule has 19 heavy (non-hydrogen) atoms. The fraction of sp³-hybridized carbons (Fsp3) is 0.600. The second-order valence-electron chi connectivity index (χ2n) is 5.24. The summed E-state index contributed by atoms with van der Waals surface area (Å²) in [5.41, 5.74) is 1.87. The lowest BCUT2D eigenvalue weighted by atomic mass is 9.84. The minimum absolute atomic E-state index is 0.0869. The van der Waals surface area contributed by atoms with Gasteiger partial charge in [0, 0.05) is 13.1 Å². The van der Waals surface area contributed by atoms with Gasteiger partial charge in [-0.05, 0) is 24.0 Å². The van der Waals surface area contributed by atoms with Crippen LogP contribution in [-0.4, -0.2) is 18.0 Å². The molecule has 1 aromatic heterocycles. The van der Waals surface area contributed by atoms with Crippen LogP contribution in [0.3, 0.4) is 0 Å². The van der Waals surface area contributed by atoms with E-state index in [4.69, 9.17) is 4.74 Å². The number of pyridine rings is 1. The number of methoxy groups -OCH3 is 1. The van der Waals surface area contributed by atoms with Gasteiger partial charge >= 0.3 is 0 Å². The SMILES string of the molecule is COc1nccc(CC2CCCCC2)c1NC(C)=O. The molecule has 1 heterocycles. The number of anilines is 1. The monoisotopic (exact) mass is 262 g/mol. The number of hydrogen-bond donors (Lipinski definition) is 1. The number of nitrogens with one attached hydrogen (secondary N) is 1. The van der Waals surface area contributed by atoms with Gasteiger partial charge in [-0.3, -0.25) is 4.79 Å². The summed E-state index contributed by atoms with van der Waals surface area (Å²) >= 11 is 0. The van der Waals surface area contributed by atoms with Gasteiger partial charge in [0.25, 0.3) is 0 Å². The topological polar surface area (TPSA) is 51.2 Å². The maximum Gasteiger partial charge on any atom is 0.237 e. The van der Waals surface area contributed by atoms with Crippen LogP contribution >= 0.6 is 0 Å². The van der Waals surface area contributed by atoms with E-state index in [1.807, 2.05) is 6.07 Å². The molecule has 1 aliphatic rings. The lowest BCUT2D eigenvalue weighted by Crippen LogP contribution is -2.14. The van der Waals surface area contributed by atoms with Crippen molar-refractivity contribution in [2.24, 2.45) is 5.92 Å². The summed E-state index contributed by atoms with van der Waals surface area (Å²) in [6.07, 6.45) is 9.31. The summed E-state index contributed by atoms with van der Waals surface area (Å²) in [5, 5.41) is 2.86. The first-order chi connectivity index (χ1) is 9.20. The maximum atomic E-state index is 11.3. The van der Waals surface area contributed by atoms with Gasteiger partial charge in [0.2, 0.25) is 11.8 Å². The highest BCUT2D eigenvalue weighted by atomic mass is 16.5. The fourth-order valence-electron chi connectivity index (χ4n) is 2.82. The zero-order valence-electron chi connectivity index (χ0n) is 11.7. The molecule has 1 fully saturated rings. The molecule has 0 bridgehead atoms. The Morgan fingerprint density at radius 1 is 1.42 bits per heavy atom. The molecule has 1 aromatic rings. The highest BCUT2D eigenvalue weighted by Gasteiger charge is 2.18. The summed E-state index contributed by atoms with van der Waals surface area (Å²) in [6.45, 7) is 1.51. The third-order valence-electron chi connectivity index (χ3n) is 3.73. The summed E-state index contributed by atoms with van der Waals surface area (Å²) < 4.78 is 5.25. The minimum Gasteiger partial charge on any atom is -0.480 e. The molecule has 0 radical (unpaired) electrons. The first kappa shape index (κ1) is 13.8. The van der Waals surface area contributed by atoms with Crippen molar-refractivity contribution in [1.29, 1.82) is 0 Å². The third kappa shape index (κ3) is 3.69. The Hall–Kier alpha value is -1.58. The van der Waals surface area contributed by atoms with E-state index < -0.39 is 0 Å². The van der Waals surface area contributed by atoms with Crippen molar-refractivity contribution in [2.45, 2.75) is 45.4 Å². The number of rotatable bonds is 4. The molecule has 1 N–H and O–H groups in total. The Labute approximate surface area is 114 Å². The van der Waals surface area contributed by atoms with Gasteiger partial charge in [-0.15, -0.1) is 0 Å². The van der Waals surface area contributed by atoms with E-state index in [0.29, 0.717) is 11.8 Å². The predicted molar refractivity (Wildman–Crippen MR) is 75.4 cm³/mol. The average Bonchev–Trinajstić information content (AvgIpc) is 2.41. The second kappa shape index (κ2) is 6.55. The van der Waals surface area contributed by atoms with E-state index >= 15 is 0 Å². The highest BCUT2D eigenvalue weighted by molar-refractivity contribution is 5.91. The van der Waals surface area contributed by atoms with E-state index in [0.717, 1.165) is 17.7 Å². The van der Waals surface area contributed by atoms with Crippen LogP contribution < -0.4 is 10.1 Å². The zero-order valence-corrected chi connectivity index (χ0v) is 11.7. The first-order valence-electron chi connectivity index (χ1n) is 7.00. The average molecular weight is 262 g/mol. The summed E-state index contributed by atoms with van der Waals surface area (Å²) in [7, 11) is 1.58. The summed E-state index contributed by atoms with van der Waals surface area (Å²) in [6, 6.07) is 1.99. The maximum absolute atomic E-state index is 11.3. The molecule has 0 spiro atoms. The molecule has 1 amide bonds. The van der Waals surface area contributed by atoms with Crippen molar-refractivity contribution in [3.05, 3.63) is 17.8 Å². The molecule has 1 saturated carbocycles. The Bertz CT molecular complexity index is 440. The molecule has 0 unspecified atom stereocenters. The molecule has 0 saturated heterocycles. The normalized spacial score (nSPS) is 16.1. The van der Waals surface area contributed by atoms with Crippen molar-refractivity contribution in [1.82, 2.24) is 4.98 Å². The Balaban J connectivity index is 2.19. The van der Waals surface area contributed by atoms with Gasteiger partial charge in [0.05, 0.1) is 7.11 Å². The molecular formula is C15H22N2O2. The molecule has 0 atom stereocenters. The number of carbonyl (C=O) groups excluding carboxylic acids is 1. The predicted octanol–water partition coefficient (Wildman–Crippen LogP) is 3.17. The molecule has 104 valence electrons. The third-order valence-corrected chi connectivity index (χ3v) is 3.73. The smallest absolute Gasteiger partial charge is 0.237 e. The Morgan fingerprint density at radius 3 is 2.79 bits per heavy atom. The Morgan fingerprint density at radius 2 is 2.16 bits per heavy atom. The second-order valence-corrected chi connectivity index (χ2v) is 5.24. The zero-order chi connectivity index (χ0) is 13.7. The Kier molecular flexibility index (Phi) is 4.77. The number of carbonyl (C=O) groups is 1. The first-order valence-corrected chi connectivity index (χ1v) is 7.00. The van der Waals surface area contributed by atoms with Gasteiger partial charge in [-0.25, -0.2) is 4.98 Å². The van der Waals surface area contributed by atoms with Gasteiger partial charge in [0.15, 0.2) is 0 Å². The van der Waals surface area contributed by atoms with E-state index in [1.54, 1.807) is 13.3 Å². The van der Waals surface area contributed by atoms with Crippen molar-refractivity contribution < 1.29 is 9.53 Å². The van der Waals surface area contributed by atoms with Gasteiger partial charge in [-0.2, -0.15) is 0 Å². The van der Waals surface area contributed by atoms with Gasteiger partial charge < -0.3 is 10.1 Å². The molecular weight excluding hydrogens is 240 g/mol. The molecule has 4 nitrogen and oxygen atoms in total. The molecule has 0 aromatic carbocycles. The van der Waals surface area contributed by atoms with Crippen LogP contribution in [0.1, 0.15) is 44.6 Å². The van der Waals surface area contributed by atoms with E-state index in [2.05, 4.69) is 10.3 Å². The number of aromatic nitrogens is 1. The minimum atomic E-state index is -0.0869. The lowest BCUT2D eigenvalue weighted by Gasteiger charge is -2.23. The van der Waals surface area contributed by atoms with Crippen LogP contribution in [-0.2, 0) is 11.2 Å². The van der Waals surface area contributed by atoms with Crippen molar-refractivity contribution in [3.63, 3.8) is 0 Å². The van der Waals surface area contributed by atoms with Crippen LogP contribution in [0.25, 0.3) is 0 Å². The van der Waals surface area contributed by atoms with E-state index in [1.165, 1.54) is 39.0 Å². The quantitative estimate of drug-likeness (QED) is 0.906. The van der Waals surface area contributed by atoms with E-state index in [-0.39, 0.29) is 5.91 Å². The van der Waals surface area contributed by atoms with Crippen molar-refractivity contribution >= 4 is 11.6 Å². The number of nitrogens with zero attached hydrogens (tertiary/aromatic N) is 1. The van der Waals surface area contributed by atoms with Crippen molar-refractivity contribution in [2.75, 3.05) is 12.4 Å². The van der Waals surface area contributed by atoms with Crippen LogP contribution in [0.15, 0.2) is 12.3 Å².